The van der Waals surface area contributed by atoms with Crippen LogP contribution >= 0.6 is 0 Å². The van der Waals surface area contributed by atoms with Crippen LogP contribution in [0.5, 0.6) is 17.2 Å². The third-order valence-corrected chi connectivity index (χ3v) is 3.58. The van der Waals surface area contributed by atoms with E-state index < -0.39 is 5.97 Å². The van der Waals surface area contributed by atoms with Gasteiger partial charge in [-0.15, -0.1) is 0 Å². The van der Waals surface area contributed by atoms with Crippen molar-refractivity contribution in [2.75, 3.05) is 28.4 Å². The number of rotatable bonds is 5. The maximum Gasteiger partial charge on any atom is 0.340 e. The second-order valence-corrected chi connectivity index (χ2v) is 4.96. The molecule has 1 heterocycles. The minimum atomic E-state index is -0.579. The highest BCUT2D eigenvalue weighted by Gasteiger charge is 2.30. The van der Waals surface area contributed by atoms with Crippen LogP contribution in [0.1, 0.15) is 12.5 Å². The second kappa shape index (κ2) is 7.08. The van der Waals surface area contributed by atoms with Crippen molar-refractivity contribution in [2.45, 2.75) is 6.92 Å². The first-order chi connectivity index (χ1) is 11.5. The Labute approximate surface area is 139 Å². The molecule has 1 aliphatic heterocycles. The van der Waals surface area contributed by atoms with Crippen molar-refractivity contribution >= 4 is 18.0 Å². The number of hydrogen-bond acceptors (Lipinski definition) is 6. The fourth-order valence-electron chi connectivity index (χ4n) is 2.47. The molecule has 0 atom stereocenters. The van der Waals surface area contributed by atoms with Gasteiger partial charge in [0.2, 0.25) is 5.75 Å². The molecule has 1 amide bonds. The molecule has 1 aliphatic rings. The summed E-state index contributed by atoms with van der Waals surface area (Å²) >= 11 is 0. The normalized spacial score (nSPS) is 15.4. The number of carbonyl (C=O) groups excluding carboxylic acids is 2. The first-order valence-corrected chi connectivity index (χ1v) is 7.09. The van der Waals surface area contributed by atoms with Gasteiger partial charge in [-0.2, -0.15) is 0 Å². The fourth-order valence-corrected chi connectivity index (χ4v) is 2.47. The van der Waals surface area contributed by atoms with Gasteiger partial charge in [-0.1, -0.05) is 0 Å². The molecule has 0 saturated heterocycles. The zero-order chi connectivity index (χ0) is 17.9. The highest BCUT2D eigenvalue weighted by molar-refractivity contribution is 6.16. The molecule has 0 radical (unpaired) electrons. The summed E-state index contributed by atoms with van der Waals surface area (Å²) in [5, 5.41) is 2.62. The zero-order valence-electron chi connectivity index (χ0n) is 14.2. The number of methoxy groups -OCH3 is 4. The number of nitrogens with one attached hydrogen (secondary N) is 1. The highest BCUT2D eigenvalue weighted by atomic mass is 16.5. The number of benzene rings is 1. The van der Waals surface area contributed by atoms with Crippen molar-refractivity contribution < 1.29 is 28.5 Å². The van der Waals surface area contributed by atoms with Gasteiger partial charge in [-0.05, 0) is 30.7 Å². The number of carbonyl (C=O) groups is 2. The van der Waals surface area contributed by atoms with E-state index >= 15 is 0 Å². The molecule has 2 rings (SSSR count). The van der Waals surface area contributed by atoms with Gasteiger partial charge in [-0.25, -0.2) is 4.79 Å². The summed E-state index contributed by atoms with van der Waals surface area (Å²) in [4.78, 5) is 24.1. The summed E-state index contributed by atoms with van der Waals surface area (Å²) in [6.45, 7) is 1.64. The van der Waals surface area contributed by atoms with Crippen LogP contribution in [0, 0.1) is 0 Å². The van der Waals surface area contributed by atoms with Gasteiger partial charge in [0.1, 0.15) is 0 Å². The smallest absolute Gasteiger partial charge is 0.340 e. The first-order valence-electron chi connectivity index (χ1n) is 7.09. The lowest BCUT2D eigenvalue weighted by Crippen LogP contribution is -2.15. The predicted molar refractivity (Wildman–Crippen MR) is 86.9 cm³/mol. The van der Waals surface area contributed by atoms with Crippen LogP contribution in [-0.2, 0) is 14.3 Å². The van der Waals surface area contributed by atoms with E-state index in [4.69, 9.17) is 18.9 Å². The molecule has 128 valence electrons. The van der Waals surface area contributed by atoms with Crippen LogP contribution in [0.3, 0.4) is 0 Å². The lowest BCUT2D eigenvalue weighted by molar-refractivity contribution is -0.136. The summed E-state index contributed by atoms with van der Waals surface area (Å²) in [6.07, 6.45) is 1.57. The topological polar surface area (TPSA) is 83.1 Å². The molecule has 7 heteroatoms. The summed E-state index contributed by atoms with van der Waals surface area (Å²) in [6, 6.07) is 3.37. The van der Waals surface area contributed by atoms with Gasteiger partial charge in [-0.3, -0.25) is 4.79 Å². The number of hydrogen-bond donors (Lipinski definition) is 1. The quantitative estimate of drug-likeness (QED) is 0.652. The molecule has 1 N–H and O–H groups in total. The summed E-state index contributed by atoms with van der Waals surface area (Å²) in [7, 11) is 5.77. The standard InChI is InChI=1S/C17H19NO6/c1-9-14(17(20)24-5)11(16(19)18-9)6-10-7-12(21-2)15(23-4)13(8-10)22-3/h6-8H,1-5H3,(H,18,19). The maximum atomic E-state index is 12.1. The summed E-state index contributed by atoms with van der Waals surface area (Å²) < 4.78 is 20.6. The van der Waals surface area contributed by atoms with Crippen molar-refractivity contribution in [3.05, 3.63) is 34.5 Å². The second-order valence-electron chi connectivity index (χ2n) is 4.96. The number of amides is 1. The average molecular weight is 333 g/mol. The lowest BCUT2D eigenvalue weighted by atomic mass is 10.0. The van der Waals surface area contributed by atoms with Crippen molar-refractivity contribution in [1.82, 2.24) is 5.32 Å². The van der Waals surface area contributed by atoms with E-state index in [1.807, 2.05) is 0 Å². The number of esters is 1. The van der Waals surface area contributed by atoms with Crippen molar-refractivity contribution in [2.24, 2.45) is 0 Å². The van der Waals surface area contributed by atoms with E-state index in [0.29, 0.717) is 28.5 Å². The van der Waals surface area contributed by atoms with Crippen LogP contribution in [0.25, 0.3) is 6.08 Å². The number of ether oxygens (including phenoxy) is 4. The fraction of sp³-hybridized carbons (Fsp3) is 0.294. The van der Waals surface area contributed by atoms with E-state index in [0.717, 1.165) is 0 Å². The molecular weight excluding hydrogens is 314 g/mol. The molecule has 0 spiro atoms. The minimum Gasteiger partial charge on any atom is -0.493 e. The molecular formula is C17H19NO6. The van der Waals surface area contributed by atoms with Gasteiger partial charge < -0.3 is 24.3 Å². The third-order valence-electron chi connectivity index (χ3n) is 3.58. The Kier molecular flexibility index (Phi) is 5.13. The minimum absolute atomic E-state index is 0.205. The first kappa shape index (κ1) is 17.4. The van der Waals surface area contributed by atoms with Crippen molar-refractivity contribution in [3.8, 4) is 17.2 Å². The van der Waals surface area contributed by atoms with E-state index in [1.54, 1.807) is 25.1 Å². The van der Waals surface area contributed by atoms with Crippen LogP contribution in [0.4, 0.5) is 0 Å². The zero-order valence-corrected chi connectivity index (χ0v) is 14.2. The van der Waals surface area contributed by atoms with E-state index in [1.165, 1.54) is 28.4 Å². The molecule has 0 aromatic heterocycles. The summed E-state index contributed by atoms with van der Waals surface area (Å²) in [5.74, 6) is 0.383. The van der Waals surface area contributed by atoms with Crippen LogP contribution < -0.4 is 19.5 Å². The molecule has 0 fully saturated rings. The van der Waals surface area contributed by atoms with E-state index in [-0.39, 0.29) is 17.1 Å². The summed E-state index contributed by atoms with van der Waals surface area (Å²) in [5.41, 5.74) is 1.49. The van der Waals surface area contributed by atoms with Gasteiger partial charge in [0.15, 0.2) is 11.5 Å². The highest BCUT2D eigenvalue weighted by Crippen LogP contribution is 2.39. The van der Waals surface area contributed by atoms with Crippen molar-refractivity contribution in [1.29, 1.82) is 0 Å². The Balaban J connectivity index is 2.58. The Morgan fingerprint density at radius 2 is 1.62 bits per heavy atom. The van der Waals surface area contributed by atoms with Gasteiger partial charge in [0.25, 0.3) is 5.91 Å². The molecule has 24 heavy (non-hydrogen) atoms. The van der Waals surface area contributed by atoms with Gasteiger partial charge >= 0.3 is 5.97 Å². The van der Waals surface area contributed by atoms with E-state index in [9.17, 15) is 9.59 Å². The third kappa shape index (κ3) is 3.05. The van der Waals surface area contributed by atoms with Crippen LogP contribution in [-0.4, -0.2) is 40.3 Å². The molecule has 0 aliphatic carbocycles. The molecule has 0 bridgehead atoms. The Bertz CT molecular complexity index is 722. The Morgan fingerprint density at radius 3 is 2.08 bits per heavy atom. The molecule has 1 aromatic carbocycles. The average Bonchev–Trinajstić information content (AvgIpc) is 2.86. The maximum absolute atomic E-state index is 12.1. The molecule has 0 saturated carbocycles. The van der Waals surface area contributed by atoms with Crippen LogP contribution in [0.15, 0.2) is 29.0 Å². The van der Waals surface area contributed by atoms with Crippen LogP contribution in [0.2, 0.25) is 0 Å². The number of allylic oxidation sites excluding steroid dienone is 1. The Hall–Kier alpha value is -2.96. The van der Waals surface area contributed by atoms with Gasteiger partial charge in [0.05, 0.1) is 39.6 Å². The Morgan fingerprint density at radius 1 is 1.04 bits per heavy atom. The lowest BCUT2D eigenvalue weighted by Gasteiger charge is -2.13. The molecule has 7 nitrogen and oxygen atoms in total. The largest absolute Gasteiger partial charge is 0.493 e. The SMILES string of the molecule is COC(=O)C1=C(C)NC(=O)C1=Cc1cc(OC)c(OC)c(OC)c1. The van der Waals surface area contributed by atoms with Crippen molar-refractivity contribution in [3.63, 3.8) is 0 Å². The van der Waals surface area contributed by atoms with E-state index in [2.05, 4.69) is 5.32 Å². The molecule has 0 unspecified atom stereocenters. The molecule has 1 aromatic rings. The van der Waals surface area contributed by atoms with Gasteiger partial charge in [0, 0.05) is 5.70 Å². The monoisotopic (exact) mass is 333 g/mol. The predicted octanol–water partition coefficient (Wildman–Crippen LogP) is 1.67.